The van der Waals surface area contributed by atoms with E-state index in [4.69, 9.17) is 0 Å². The number of carbonyl (C=O) groups is 3. The van der Waals surface area contributed by atoms with Crippen LogP contribution in [0.3, 0.4) is 0 Å². The lowest BCUT2D eigenvalue weighted by molar-refractivity contribution is -0.114. The first-order valence-corrected chi connectivity index (χ1v) is 10.9. The van der Waals surface area contributed by atoms with Crippen molar-refractivity contribution >= 4 is 28.9 Å². The fourth-order valence-corrected chi connectivity index (χ4v) is 4.17. The minimum Gasteiger partial charge on any atom is -0.294 e. The number of hydrazine groups is 1. The van der Waals surface area contributed by atoms with Gasteiger partial charge in [0.05, 0.1) is 17.7 Å². The second kappa shape index (κ2) is 9.15. The Morgan fingerprint density at radius 2 is 1.34 bits per heavy atom. The second-order valence-corrected chi connectivity index (χ2v) is 8.19. The SMILES string of the molecule is O=C(CC1=NC2NN(c3ccccc3)C(=O)C2=C1CC(=O)c1ccc(F)cc1)c1ccc(F)cc1. The zero-order chi connectivity index (χ0) is 24.5. The van der Waals surface area contributed by atoms with Gasteiger partial charge in [0, 0.05) is 23.3 Å². The predicted molar refractivity (Wildman–Crippen MR) is 126 cm³/mol. The lowest BCUT2D eigenvalue weighted by Crippen LogP contribution is -2.37. The van der Waals surface area contributed by atoms with Gasteiger partial charge in [0.2, 0.25) is 0 Å². The maximum absolute atomic E-state index is 13.3. The van der Waals surface area contributed by atoms with Crippen molar-refractivity contribution in [3.63, 3.8) is 0 Å². The van der Waals surface area contributed by atoms with Crippen LogP contribution in [0.1, 0.15) is 33.6 Å². The number of para-hydroxylation sites is 1. The van der Waals surface area contributed by atoms with Crippen LogP contribution in [0.5, 0.6) is 0 Å². The monoisotopic (exact) mass is 471 g/mol. The van der Waals surface area contributed by atoms with Gasteiger partial charge in [-0.05, 0) is 66.2 Å². The lowest BCUT2D eigenvalue weighted by Gasteiger charge is -2.17. The van der Waals surface area contributed by atoms with Gasteiger partial charge in [-0.25, -0.2) is 13.8 Å². The number of halogens is 2. The van der Waals surface area contributed by atoms with Crippen molar-refractivity contribution in [1.82, 2.24) is 5.43 Å². The molecule has 3 aromatic rings. The molecule has 2 aliphatic heterocycles. The summed E-state index contributed by atoms with van der Waals surface area (Å²) in [5.74, 6) is -1.94. The van der Waals surface area contributed by atoms with Crippen LogP contribution in [0, 0.1) is 11.6 Å². The summed E-state index contributed by atoms with van der Waals surface area (Å²) in [5, 5.41) is 1.37. The Morgan fingerprint density at radius 3 is 1.91 bits per heavy atom. The number of benzene rings is 3. The van der Waals surface area contributed by atoms with Crippen molar-refractivity contribution in [1.29, 1.82) is 0 Å². The van der Waals surface area contributed by atoms with Gasteiger partial charge in [-0.2, -0.15) is 5.43 Å². The van der Waals surface area contributed by atoms with E-state index < -0.39 is 17.8 Å². The molecule has 1 fully saturated rings. The van der Waals surface area contributed by atoms with E-state index in [-0.39, 0.29) is 35.9 Å². The summed E-state index contributed by atoms with van der Waals surface area (Å²) in [5.41, 5.74) is 5.22. The Morgan fingerprint density at radius 1 is 0.800 bits per heavy atom. The molecule has 1 unspecified atom stereocenters. The third-order valence-corrected chi connectivity index (χ3v) is 5.93. The van der Waals surface area contributed by atoms with Crippen molar-refractivity contribution in [3.8, 4) is 0 Å². The first-order chi connectivity index (χ1) is 16.9. The Bertz CT molecular complexity index is 1380. The summed E-state index contributed by atoms with van der Waals surface area (Å²) in [6.45, 7) is 0. The second-order valence-electron chi connectivity index (χ2n) is 8.19. The molecule has 1 saturated heterocycles. The summed E-state index contributed by atoms with van der Waals surface area (Å²) in [4.78, 5) is 43.8. The van der Waals surface area contributed by atoms with Crippen molar-refractivity contribution < 1.29 is 23.2 Å². The molecular formula is C27H19F2N3O3. The Labute approximate surface area is 199 Å². The van der Waals surface area contributed by atoms with E-state index in [1.54, 1.807) is 24.3 Å². The largest absolute Gasteiger partial charge is 0.294 e. The quantitative estimate of drug-likeness (QED) is 0.517. The van der Waals surface area contributed by atoms with Crippen LogP contribution in [0.2, 0.25) is 0 Å². The molecule has 6 nitrogen and oxygen atoms in total. The number of nitrogens with one attached hydrogen (secondary N) is 1. The number of ketones is 2. The Balaban J connectivity index is 1.47. The van der Waals surface area contributed by atoms with Crippen molar-refractivity contribution in [2.45, 2.75) is 19.0 Å². The number of rotatable bonds is 7. The van der Waals surface area contributed by atoms with Gasteiger partial charge in [0.25, 0.3) is 5.91 Å². The summed E-state index contributed by atoms with van der Waals surface area (Å²) < 4.78 is 26.6. The van der Waals surface area contributed by atoms with Crippen molar-refractivity contribution in [3.05, 3.63) is 113 Å². The minimum absolute atomic E-state index is 0.155. The van der Waals surface area contributed by atoms with E-state index in [0.29, 0.717) is 28.1 Å². The highest BCUT2D eigenvalue weighted by Gasteiger charge is 2.43. The fourth-order valence-electron chi connectivity index (χ4n) is 4.17. The Kier molecular flexibility index (Phi) is 5.88. The van der Waals surface area contributed by atoms with Crippen molar-refractivity contribution in [2.75, 3.05) is 5.01 Å². The molecule has 5 rings (SSSR count). The van der Waals surface area contributed by atoms with Gasteiger partial charge in [0.15, 0.2) is 11.6 Å². The number of Topliss-reactive ketones (excluding diaryl/α,β-unsaturated/α-hetero) is 2. The van der Waals surface area contributed by atoms with Gasteiger partial charge in [0.1, 0.15) is 17.8 Å². The van der Waals surface area contributed by atoms with Crippen LogP contribution in [0.25, 0.3) is 0 Å². The molecule has 0 radical (unpaired) electrons. The lowest BCUT2D eigenvalue weighted by atomic mass is 9.93. The molecule has 0 aromatic heterocycles. The van der Waals surface area contributed by atoms with E-state index in [2.05, 4.69) is 10.4 Å². The molecule has 0 bridgehead atoms. The molecule has 8 heteroatoms. The molecule has 35 heavy (non-hydrogen) atoms. The number of anilines is 1. The molecule has 0 spiro atoms. The van der Waals surface area contributed by atoms with Crippen molar-refractivity contribution in [2.24, 2.45) is 4.99 Å². The molecule has 3 aromatic carbocycles. The summed E-state index contributed by atoms with van der Waals surface area (Å²) in [6, 6.07) is 19.2. The van der Waals surface area contributed by atoms with Gasteiger partial charge in [-0.1, -0.05) is 18.2 Å². The van der Waals surface area contributed by atoms with Crippen LogP contribution in [0.4, 0.5) is 14.5 Å². The number of fused-ring (bicyclic) bond motifs is 1. The summed E-state index contributed by atoms with van der Waals surface area (Å²) in [7, 11) is 0. The van der Waals surface area contributed by atoms with E-state index in [9.17, 15) is 23.2 Å². The average Bonchev–Trinajstić information content (AvgIpc) is 3.36. The molecule has 0 aliphatic carbocycles. The van der Waals surface area contributed by atoms with Gasteiger partial charge < -0.3 is 0 Å². The number of aliphatic imine (C=N–C) groups is 1. The number of allylic oxidation sites excluding steroid dienone is 1. The molecule has 1 amide bonds. The zero-order valence-electron chi connectivity index (χ0n) is 18.4. The zero-order valence-corrected chi connectivity index (χ0v) is 18.4. The van der Waals surface area contributed by atoms with Crippen LogP contribution < -0.4 is 10.4 Å². The van der Waals surface area contributed by atoms with E-state index in [0.717, 1.165) is 0 Å². The number of amides is 1. The van der Waals surface area contributed by atoms with Gasteiger partial charge in [-0.15, -0.1) is 0 Å². The summed E-state index contributed by atoms with van der Waals surface area (Å²) >= 11 is 0. The standard InChI is InChI=1S/C27H19F2N3O3/c28-18-10-6-16(7-11-18)23(33)14-21-22(15-24(34)17-8-12-19(29)13-9-17)30-26-25(21)27(35)32(31-26)20-4-2-1-3-5-20/h1-13,26,31H,14-15H2. The molecule has 2 aliphatic rings. The highest BCUT2D eigenvalue weighted by atomic mass is 19.1. The topological polar surface area (TPSA) is 78.8 Å². The summed E-state index contributed by atoms with van der Waals surface area (Å²) in [6.07, 6.45) is -1.07. The number of hydrogen-bond acceptors (Lipinski definition) is 5. The molecular weight excluding hydrogens is 452 g/mol. The smallest absolute Gasteiger partial charge is 0.272 e. The van der Waals surface area contributed by atoms with Crippen LogP contribution in [0.15, 0.2) is 95.0 Å². The van der Waals surface area contributed by atoms with E-state index in [1.165, 1.54) is 53.5 Å². The first kappa shape index (κ1) is 22.5. The van der Waals surface area contributed by atoms with E-state index in [1.807, 2.05) is 6.07 Å². The number of carbonyl (C=O) groups excluding carboxylic acids is 3. The van der Waals surface area contributed by atoms with Crippen LogP contribution in [-0.2, 0) is 4.79 Å². The predicted octanol–water partition coefficient (Wildman–Crippen LogP) is 4.44. The molecule has 0 saturated carbocycles. The molecule has 2 heterocycles. The number of nitrogens with zero attached hydrogens (tertiary/aromatic N) is 2. The normalized spacial score (nSPS) is 17.0. The maximum atomic E-state index is 13.3. The van der Waals surface area contributed by atoms with Crippen LogP contribution in [-0.4, -0.2) is 29.4 Å². The molecule has 174 valence electrons. The van der Waals surface area contributed by atoms with Gasteiger partial charge >= 0.3 is 0 Å². The highest BCUT2D eigenvalue weighted by molar-refractivity contribution is 6.24. The number of hydrogen-bond donors (Lipinski definition) is 1. The highest BCUT2D eigenvalue weighted by Crippen LogP contribution is 2.33. The third-order valence-electron chi connectivity index (χ3n) is 5.93. The molecule has 1 N–H and O–H groups in total. The maximum Gasteiger partial charge on any atom is 0.272 e. The molecule has 1 atom stereocenters. The van der Waals surface area contributed by atoms with Crippen LogP contribution >= 0.6 is 0 Å². The first-order valence-electron chi connectivity index (χ1n) is 10.9. The fraction of sp³-hybridized carbons (Fsp3) is 0.111. The average molecular weight is 471 g/mol. The minimum atomic E-state index is -0.741. The van der Waals surface area contributed by atoms with E-state index >= 15 is 0 Å². The Hall–Kier alpha value is -4.30. The third kappa shape index (κ3) is 4.43. The van der Waals surface area contributed by atoms with Gasteiger partial charge in [-0.3, -0.25) is 19.4 Å².